The third kappa shape index (κ3) is 2.61. The van der Waals surface area contributed by atoms with Gasteiger partial charge < -0.3 is 5.11 Å². The van der Waals surface area contributed by atoms with Gasteiger partial charge in [0.05, 0.1) is 12.1 Å². The molecule has 0 atom stereocenters. The lowest BCUT2D eigenvalue weighted by Gasteiger charge is -2.04. The number of fused-ring (bicyclic) bond motifs is 3. The van der Waals surface area contributed by atoms with Gasteiger partial charge in [-0.3, -0.25) is 0 Å². The molecule has 120 valence electrons. The Labute approximate surface area is 141 Å². The van der Waals surface area contributed by atoms with E-state index >= 15 is 0 Å². The summed E-state index contributed by atoms with van der Waals surface area (Å²) in [6.45, 7) is 0.0557. The standard InChI is InChI=1S/C17H13FN4OS/c18-12-7-5-11(6-8-12)15-20-16-13-3-1-2-4-14(13)19-17(22(16)21-15)24-10-9-23/h1-8,23H,9-10H2. The third-order valence-corrected chi connectivity index (χ3v) is 4.48. The van der Waals surface area contributed by atoms with E-state index in [0.29, 0.717) is 22.4 Å². The molecule has 0 aliphatic rings. The Bertz CT molecular complexity index is 1020. The van der Waals surface area contributed by atoms with Gasteiger partial charge in [0.25, 0.3) is 0 Å². The fourth-order valence-electron chi connectivity index (χ4n) is 2.48. The number of hydrogen-bond donors (Lipinski definition) is 1. The van der Waals surface area contributed by atoms with Gasteiger partial charge in [-0.25, -0.2) is 14.4 Å². The monoisotopic (exact) mass is 340 g/mol. The lowest BCUT2D eigenvalue weighted by Crippen LogP contribution is -1.99. The van der Waals surface area contributed by atoms with E-state index in [1.807, 2.05) is 24.3 Å². The molecule has 1 N–H and O–H groups in total. The number of halogens is 1. The number of aliphatic hydroxyl groups excluding tert-OH is 1. The largest absolute Gasteiger partial charge is 0.396 e. The number of hydrogen-bond acceptors (Lipinski definition) is 5. The van der Waals surface area contributed by atoms with Crippen molar-refractivity contribution in [3.05, 3.63) is 54.3 Å². The van der Waals surface area contributed by atoms with Gasteiger partial charge in [0.1, 0.15) is 5.82 Å². The van der Waals surface area contributed by atoms with Crippen molar-refractivity contribution in [2.75, 3.05) is 12.4 Å². The number of aromatic nitrogens is 4. The van der Waals surface area contributed by atoms with Crippen LogP contribution in [0.4, 0.5) is 4.39 Å². The van der Waals surface area contributed by atoms with Crippen LogP contribution in [0.1, 0.15) is 0 Å². The second kappa shape index (κ2) is 6.18. The van der Waals surface area contributed by atoms with Crippen LogP contribution in [-0.2, 0) is 0 Å². The van der Waals surface area contributed by atoms with Crippen LogP contribution in [0.2, 0.25) is 0 Å². The van der Waals surface area contributed by atoms with Gasteiger partial charge in [-0.15, -0.1) is 5.10 Å². The van der Waals surface area contributed by atoms with E-state index in [0.717, 1.165) is 16.5 Å². The molecule has 0 radical (unpaired) electrons. The zero-order valence-corrected chi connectivity index (χ0v) is 13.4. The molecule has 2 heterocycles. The number of thioether (sulfide) groups is 1. The van der Waals surface area contributed by atoms with E-state index in [9.17, 15) is 4.39 Å². The van der Waals surface area contributed by atoms with E-state index in [-0.39, 0.29) is 12.4 Å². The van der Waals surface area contributed by atoms with Crippen molar-refractivity contribution in [1.82, 2.24) is 19.6 Å². The molecule has 7 heteroatoms. The first-order chi connectivity index (χ1) is 11.8. The fraction of sp³-hybridized carbons (Fsp3) is 0.118. The van der Waals surface area contributed by atoms with Gasteiger partial charge in [-0.1, -0.05) is 23.9 Å². The molecule has 0 aliphatic carbocycles. The molecule has 0 amide bonds. The normalized spacial score (nSPS) is 11.4. The molecular weight excluding hydrogens is 327 g/mol. The molecule has 0 saturated carbocycles. The average molecular weight is 340 g/mol. The Morgan fingerprint density at radius 1 is 1.04 bits per heavy atom. The zero-order valence-electron chi connectivity index (χ0n) is 12.6. The SMILES string of the molecule is OCCSc1nc2ccccc2c2nc(-c3ccc(F)cc3)nn12. The number of aliphatic hydroxyl groups is 1. The number of nitrogens with zero attached hydrogens (tertiary/aromatic N) is 4. The highest BCUT2D eigenvalue weighted by molar-refractivity contribution is 7.99. The van der Waals surface area contributed by atoms with Crippen LogP contribution in [0.25, 0.3) is 27.9 Å². The average Bonchev–Trinajstić information content (AvgIpc) is 3.06. The number of benzene rings is 2. The molecule has 5 nitrogen and oxygen atoms in total. The van der Waals surface area contributed by atoms with Gasteiger partial charge in [-0.05, 0) is 36.4 Å². The summed E-state index contributed by atoms with van der Waals surface area (Å²) in [6, 6.07) is 13.8. The summed E-state index contributed by atoms with van der Waals surface area (Å²) in [5.41, 5.74) is 2.26. The molecule has 24 heavy (non-hydrogen) atoms. The molecule has 0 unspecified atom stereocenters. The quantitative estimate of drug-likeness (QED) is 0.457. The summed E-state index contributed by atoms with van der Waals surface area (Å²) in [5.74, 6) is 0.736. The number of rotatable bonds is 4. The first kappa shape index (κ1) is 15.0. The van der Waals surface area contributed by atoms with Crippen molar-refractivity contribution in [3.63, 3.8) is 0 Å². The molecule has 0 fully saturated rings. The van der Waals surface area contributed by atoms with Crippen LogP contribution in [-0.4, -0.2) is 37.0 Å². The van der Waals surface area contributed by atoms with Crippen LogP contribution in [0.3, 0.4) is 0 Å². The van der Waals surface area contributed by atoms with Crippen molar-refractivity contribution in [2.45, 2.75) is 5.16 Å². The van der Waals surface area contributed by atoms with Crippen LogP contribution in [0, 0.1) is 5.82 Å². The zero-order chi connectivity index (χ0) is 16.5. The molecule has 4 rings (SSSR count). The summed E-state index contributed by atoms with van der Waals surface area (Å²) >= 11 is 1.42. The predicted molar refractivity (Wildman–Crippen MR) is 91.5 cm³/mol. The lowest BCUT2D eigenvalue weighted by molar-refractivity contribution is 0.322. The Morgan fingerprint density at radius 2 is 1.83 bits per heavy atom. The molecule has 0 saturated heterocycles. The summed E-state index contributed by atoms with van der Waals surface area (Å²) in [4.78, 5) is 9.24. The minimum absolute atomic E-state index is 0.0557. The van der Waals surface area contributed by atoms with Crippen molar-refractivity contribution >= 4 is 28.3 Å². The second-order valence-electron chi connectivity index (χ2n) is 5.16. The van der Waals surface area contributed by atoms with E-state index in [2.05, 4.69) is 15.1 Å². The second-order valence-corrected chi connectivity index (χ2v) is 6.22. The third-order valence-electron chi connectivity index (χ3n) is 3.57. The lowest BCUT2D eigenvalue weighted by atomic mass is 10.2. The van der Waals surface area contributed by atoms with Gasteiger partial charge >= 0.3 is 0 Å². The molecule has 2 aromatic carbocycles. The fourth-order valence-corrected chi connectivity index (χ4v) is 3.17. The molecular formula is C17H13FN4OS. The molecule has 0 bridgehead atoms. The Kier molecular flexibility index (Phi) is 3.87. The minimum atomic E-state index is -0.297. The smallest absolute Gasteiger partial charge is 0.191 e. The topological polar surface area (TPSA) is 63.3 Å². The van der Waals surface area contributed by atoms with E-state index in [1.165, 1.54) is 23.9 Å². The van der Waals surface area contributed by atoms with Crippen LogP contribution >= 0.6 is 11.8 Å². The maximum atomic E-state index is 13.1. The van der Waals surface area contributed by atoms with E-state index < -0.39 is 0 Å². The van der Waals surface area contributed by atoms with Crippen molar-refractivity contribution in [2.24, 2.45) is 0 Å². The summed E-state index contributed by atoms with van der Waals surface area (Å²) in [7, 11) is 0. The van der Waals surface area contributed by atoms with Crippen molar-refractivity contribution in [1.29, 1.82) is 0 Å². The van der Waals surface area contributed by atoms with Gasteiger partial charge in [0.15, 0.2) is 16.6 Å². The molecule has 4 aromatic rings. The minimum Gasteiger partial charge on any atom is -0.396 e. The van der Waals surface area contributed by atoms with Crippen LogP contribution in [0.15, 0.2) is 53.7 Å². The van der Waals surface area contributed by atoms with Crippen LogP contribution in [0.5, 0.6) is 0 Å². The highest BCUT2D eigenvalue weighted by Gasteiger charge is 2.14. The highest BCUT2D eigenvalue weighted by atomic mass is 32.2. The van der Waals surface area contributed by atoms with Crippen molar-refractivity contribution < 1.29 is 9.50 Å². The maximum absolute atomic E-state index is 13.1. The van der Waals surface area contributed by atoms with Gasteiger partial charge in [0.2, 0.25) is 0 Å². The first-order valence-electron chi connectivity index (χ1n) is 7.41. The predicted octanol–water partition coefficient (Wildman–Crippen LogP) is 3.17. The Hall–Kier alpha value is -2.51. The molecule has 2 aromatic heterocycles. The summed E-state index contributed by atoms with van der Waals surface area (Å²) in [6.07, 6.45) is 0. The highest BCUT2D eigenvalue weighted by Crippen LogP contribution is 2.26. The summed E-state index contributed by atoms with van der Waals surface area (Å²) in [5, 5.41) is 15.2. The van der Waals surface area contributed by atoms with Gasteiger partial charge in [-0.2, -0.15) is 4.52 Å². The van der Waals surface area contributed by atoms with Gasteiger partial charge in [0, 0.05) is 16.7 Å². The number of para-hydroxylation sites is 1. The molecule has 0 aliphatic heterocycles. The first-order valence-corrected chi connectivity index (χ1v) is 8.40. The summed E-state index contributed by atoms with van der Waals surface area (Å²) < 4.78 is 14.8. The molecule has 0 spiro atoms. The van der Waals surface area contributed by atoms with E-state index in [1.54, 1.807) is 16.6 Å². The Morgan fingerprint density at radius 3 is 2.62 bits per heavy atom. The Balaban J connectivity index is 1.95. The van der Waals surface area contributed by atoms with Crippen molar-refractivity contribution in [3.8, 4) is 11.4 Å². The maximum Gasteiger partial charge on any atom is 0.191 e. The van der Waals surface area contributed by atoms with Crippen LogP contribution < -0.4 is 0 Å². The van der Waals surface area contributed by atoms with E-state index in [4.69, 9.17) is 5.11 Å².